The lowest BCUT2D eigenvalue weighted by Gasteiger charge is -2.38. The van der Waals surface area contributed by atoms with Gasteiger partial charge < -0.3 is 19.3 Å². The summed E-state index contributed by atoms with van der Waals surface area (Å²) in [4.78, 5) is 35.1. The van der Waals surface area contributed by atoms with E-state index >= 15 is 0 Å². The van der Waals surface area contributed by atoms with Crippen LogP contribution >= 0.6 is 12.2 Å². The van der Waals surface area contributed by atoms with Crippen LogP contribution in [0.5, 0.6) is 5.88 Å². The van der Waals surface area contributed by atoms with Crippen molar-refractivity contribution in [2.75, 3.05) is 23.0 Å². The van der Waals surface area contributed by atoms with Crippen LogP contribution in [0.4, 0.5) is 29.3 Å². The molecule has 0 spiro atoms. The fourth-order valence-corrected chi connectivity index (χ4v) is 6.42. The van der Waals surface area contributed by atoms with Crippen LogP contribution < -0.4 is 14.5 Å². The van der Waals surface area contributed by atoms with Crippen molar-refractivity contribution < 1.29 is 32.2 Å². The van der Waals surface area contributed by atoms with E-state index < -0.39 is 34.4 Å². The Morgan fingerprint density at radius 2 is 1.89 bits per heavy atom. The van der Waals surface area contributed by atoms with Gasteiger partial charge in [0.2, 0.25) is 5.88 Å². The second-order valence-corrected chi connectivity index (χ2v) is 13.6. The van der Waals surface area contributed by atoms with Gasteiger partial charge in [-0.1, -0.05) is 6.92 Å². The quantitative estimate of drug-likeness (QED) is 0.287. The maximum absolute atomic E-state index is 13.7. The van der Waals surface area contributed by atoms with Crippen molar-refractivity contribution in [1.82, 2.24) is 9.88 Å². The molecule has 0 saturated carbocycles. The third-order valence-electron chi connectivity index (χ3n) is 8.28. The minimum Gasteiger partial charge on any atom is -0.477 e. The number of hydrogen-bond donors (Lipinski definition) is 0. The molecular formula is C33H40F3N5O4S. The fraction of sp³-hybridized carbons (Fsp3) is 0.545. The number of ether oxygens (including phenoxy) is 2. The van der Waals surface area contributed by atoms with Crippen molar-refractivity contribution >= 4 is 40.7 Å². The number of aryl methyl sites for hydroxylation is 1. The number of hydrogen-bond acceptors (Lipinski definition) is 7. The maximum atomic E-state index is 13.7. The van der Waals surface area contributed by atoms with Crippen molar-refractivity contribution in [3.8, 4) is 11.9 Å². The van der Waals surface area contributed by atoms with Crippen LogP contribution in [0.25, 0.3) is 0 Å². The third kappa shape index (κ3) is 7.22. The average molecular weight is 660 g/mol. The van der Waals surface area contributed by atoms with Crippen molar-refractivity contribution in [1.29, 1.82) is 5.26 Å². The van der Waals surface area contributed by atoms with Gasteiger partial charge in [0, 0.05) is 18.2 Å². The molecule has 2 aliphatic heterocycles. The summed E-state index contributed by atoms with van der Waals surface area (Å²) in [5.41, 5.74) is -2.25. The number of benzene rings is 1. The van der Waals surface area contributed by atoms with Gasteiger partial charge >= 0.3 is 12.3 Å². The number of rotatable bonds is 7. The highest BCUT2D eigenvalue weighted by atomic mass is 32.1. The number of likely N-dealkylation sites (tertiary alicyclic amines) is 1. The second kappa shape index (κ2) is 13.1. The van der Waals surface area contributed by atoms with Crippen LogP contribution in [0, 0.1) is 17.2 Å². The number of amides is 2. The average Bonchev–Trinajstić information content (AvgIpc) is 3.14. The Kier molecular flexibility index (Phi) is 9.92. The first-order valence-corrected chi connectivity index (χ1v) is 15.7. The van der Waals surface area contributed by atoms with Gasteiger partial charge in [0.15, 0.2) is 5.11 Å². The Labute approximate surface area is 273 Å². The highest BCUT2D eigenvalue weighted by Crippen LogP contribution is 2.40. The first-order valence-electron chi connectivity index (χ1n) is 15.3. The molecule has 9 nitrogen and oxygen atoms in total. The van der Waals surface area contributed by atoms with Crippen LogP contribution in [0.2, 0.25) is 0 Å². The molecule has 2 aromatic rings. The van der Waals surface area contributed by atoms with Gasteiger partial charge in [-0.25, -0.2) is 9.78 Å². The van der Waals surface area contributed by atoms with E-state index in [0.717, 1.165) is 41.9 Å². The predicted octanol–water partition coefficient (Wildman–Crippen LogP) is 7.26. The van der Waals surface area contributed by atoms with Crippen LogP contribution in [0.15, 0.2) is 30.5 Å². The van der Waals surface area contributed by atoms with Gasteiger partial charge in [-0.3, -0.25) is 9.69 Å². The lowest BCUT2D eigenvalue weighted by molar-refractivity contribution is -0.137. The highest BCUT2D eigenvalue weighted by Gasteiger charge is 2.51. The van der Waals surface area contributed by atoms with E-state index in [1.807, 2.05) is 40.7 Å². The summed E-state index contributed by atoms with van der Waals surface area (Å²) >= 11 is 5.66. The zero-order chi connectivity index (χ0) is 34.2. The van der Waals surface area contributed by atoms with E-state index in [2.05, 4.69) is 4.98 Å². The van der Waals surface area contributed by atoms with Gasteiger partial charge in [-0.15, -0.1) is 0 Å². The van der Waals surface area contributed by atoms with E-state index in [1.54, 1.807) is 35.9 Å². The third-order valence-corrected chi connectivity index (χ3v) is 8.65. The molecule has 248 valence electrons. The number of alkyl halides is 3. The molecule has 1 aromatic heterocycles. The summed E-state index contributed by atoms with van der Waals surface area (Å²) in [6.07, 6.45) is -0.491. The minimum atomic E-state index is -4.79. The Balaban J connectivity index is 1.46. The lowest BCUT2D eigenvalue weighted by atomic mass is 9.89. The van der Waals surface area contributed by atoms with E-state index in [0.29, 0.717) is 37.1 Å². The minimum absolute atomic E-state index is 0.00259. The summed E-state index contributed by atoms with van der Waals surface area (Å²) in [6.45, 7) is 13.9. The zero-order valence-corrected chi connectivity index (χ0v) is 28.0. The van der Waals surface area contributed by atoms with E-state index in [9.17, 15) is 28.0 Å². The lowest BCUT2D eigenvalue weighted by Crippen LogP contribution is -2.46. The molecule has 0 bridgehead atoms. The summed E-state index contributed by atoms with van der Waals surface area (Å²) < 4.78 is 52.7. The molecule has 1 aromatic carbocycles. The molecule has 13 heteroatoms. The summed E-state index contributed by atoms with van der Waals surface area (Å²) in [7, 11) is 0. The number of thiocarbonyl (C=S) groups is 1. The van der Waals surface area contributed by atoms with Crippen molar-refractivity contribution in [3.05, 3.63) is 47.2 Å². The Hall–Kier alpha value is -3.92. The number of aromatic nitrogens is 1. The number of halogens is 3. The first kappa shape index (κ1) is 34.9. The van der Waals surface area contributed by atoms with Crippen LogP contribution in [0.3, 0.4) is 0 Å². The maximum Gasteiger partial charge on any atom is 0.417 e. The highest BCUT2D eigenvalue weighted by molar-refractivity contribution is 7.81. The molecule has 0 unspecified atom stereocenters. The summed E-state index contributed by atoms with van der Waals surface area (Å²) in [5.74, 6) is 0.317. The molecule has 0 aliphatic carbocycles. The van der Waals surface area contributed by atoms with E-state index in [4.69, 9.17) is 21.7 Å². The fourth-order valence-electron chi connectivity index (χ4n) is 5.90. The molecule has 2 saturated heterocycles. The van der Waals surface area contributed by atoms with Gasteiger partial charge in [0.05, 0.1) is 41.4 Å². The molecule has 4 rings (SSSR count). The Bertz CT molecular complexity index is 1550. The number of pyridine rings is 1. The number of anilines is 2. The predicted molar refractivity (Wildman–Crippen MR) is 172 cm³/mol. The van der Waals surface area contributed by atoms with Gasteiger partial charge in [0.25, 0.3) is 5.91 Å². The Morgan fingerprint density at radius 1 is 1.20 bits per heavy atom. The van der Waals surface area contributed by atoms with Gasteiger partial charge in [0.1, 0.15) is 11.1 Å². The van der Waals surface area contributed by atoms with Gasteiger partial charge in [-0.05, 0) is 110 Å². The monoisotopic (exact) mass is 659 g/mol. The largest absolute Gasteiger partial charge is 0.477 e. The number of nitrogens with zero attached hydrogens (tertiary/aromatic N) is 5. The smallest absolute Gasteiger partial charge is 0.417 e. The summed E-state index contributed by atoms with van der Waals surface area (Å²) in [5, 5.41) is 9.18. The second-order valence-electron chi connectivity index (χ2n) is 13.2. The Morgan fingerprint density at radius 3 is 2.48 bits per heavy atom. The SMILES string of the molecule is CCc1cc(N2C(=S)N(c3ccc(C#N)c(C(F)(F)F)c3)C(=O)C2(C)C)cnc1OCC[C@H]1CCN(C(=O)OC(C)(C)C)[C@@H](C)C1. The number of carbonyl (C=O) groups is 2. The molecule has 2 amide bonds. The molecular weight excluding hydrogens is 619 g/mol. The molecule has 2 fully saturated rings. The topological polar surface area (TPSA) is 99.0 Å². The first-order chi connectivity index (χ1) is 21.4. The number of carbonyl (C=O) groups excluding carboxylic acids is 2. The van der Waals surface area contributed by atoms with Crippen LogP contribution in [0.1, 0.15) is 84.4 Å². The zero-order valence-electron chi connectivity index (χ0n) is 27.2. The molecule has 0 N–H and O–H groups in total. The number of nitriles is 1. The molecule has 2 atom stereocenters. The molecule has 2 aliphatic rings. The summed E-state index contributed by atoms with van der Waals surface area (Å²) in [6, 6.07) is 6.53. The van der Waals surface area contributed by atoms with Crippen molar-refractivity contribution in [2.24, 2.45) is 5.92 Å². The van der Waals surface area contributed by atoms with Crippen molar-refractivity contribution in [2.45, 2.75) is 97.5 Å². The molecule has 3 heterocycles. The standard InChI is InChI=1S/C33H40F3N5O4S/c1-8-22-16-25(19-38-27(22)44-14-12-21-11-13-39(20(2)15-21)30(43)45-31(3,4)5)41-29(46)40(28(42)32(41,6)7)24-10-9-23(18-37)26(17-24)33(34,35)36/h9-10,16-17,19-21H,8,11-15H2,1-7H3/t20-,21+/m0/s1. The van der Waals surface area contributed by atoms with Crippen molar-refractivity contribution in [3.63, 3.8) is 0 Å². The number of piperidine rings is 1. The van der Waals surface area contributed by atoms with E-state index in [1.165, 1.54) is 6.07 Å². The van der Waals surface area contributed by atoms with Crippen LogP contribution in [-0.4, -0.2) is 57.3 Å². The van der Waals surface area contributed by atoms with E-state index in [-0.39, 0.29) is 22.9 Å². The molecule has 46 heavy (non-hydrogen) atoms. The van der Waals surface area contributed by atoms with Crippen LogP contribution in [-0.2, 0) is 22.1 Å². The normalized spacial score (nSPS) is 20.2. The molecule has 0 radical (unpaired) electrons. The van der Waals surface area contributed by atoms with Gasteiger partial charge in [-0.2, -0.15) is 18.4 Å².